The minimum Gasteiger partial charge on any atom is -0.400 e. The van der Waals surface area contributed by atoms with Crippen LogP contribution >= 0.6 is 0 Å². The van der Waals surface area contributed by atoms with Gasteiger partial charge in [0, 0.05) is 11.9 Å². The van der Waals surface area contributed by atoms with Crippen LogP contribution in [-0.2, 0) is 0 Å². The molecule has 0 aliphatic carbocycles. The second-order valence-electron chi connectivity index (χ2n) is 2.69. The van der Waals surface area contributed by atoms with Crippen LogP contribution in [0.2, 0.25) is 0 Å². The fourth-order valence-corrected chi connectivity index (χ4v) is 0.963. The van der Waals surface area contributed by atoms with Gasteiger partial charge in [-0.2, -0.15) is 0 Å². The number of hydrogen-bond acceptors (Lipinski definition) is 3. The fraction of sp³-hybridized carbons (Fsp3) is 0.250. The Labute approximate surface area is 81.7 Å². The molecule has 7 heteroatoms. The minimum atomic E-state index is -4.96. The SMILES string of the molecule is Cc1[nH]cc(OC(F)(F)F)c(=O)c1C=O. The monoisotopic (exact) mass is 221 g/mol. The van der Waals surface area contributed by atoms with Gasteiger partial charge in [-0.05, 0) is 6.92 Å². The van der Waals surface area contributed by atoms with Crippen molar-refractivity contribution in [3.05, 3.63) is 27.7 Å². The largest absolute Gasteiger partial charge is 0.573 e. The third kappa shape index (κ3) is 2.58. The highest BCUT2D eigenvalue weighted by atomic mass is 19.4. The molecule has 0 spiro atoms. The maximum absolute atomic E-state index is 11.8. The highest BCUT2D eigenvalue weighted by Gasteiger charge is 2.32. The van der Waals surface area contributed by atoms with Crippen LogP contribution in [0, 0.1) is 6.92 Å². The molecule has 0 aromatic carbocycles. The molecule has 0 saturated carbocycles. The number of aromatic nitrogens is 1. The molecule has 1 heterocycles. The number of aromatic amines is 1. The van der Waals surface area contributed by atoms with Crippen LogP contribution in [0.1, 0.15) is 16.1 Å². The van der Waals surface area contributed by atoms with Crippen molar-refractivity contribution in [2.45, 2.75) is 13.3 Å². The van der Waals surface area contributed by atoms with Crippen molar-refractivity contribution in [1.82, 2.24) is 4.98 Å². The highest BCUT2D eigenvalue weighted by molar-refractivity contribution is 5.76. The van der Waals surface area contributed by atoms with Gasteiger partial charge in [0.2, 0.25) is 5.43 Å². The van der Waals surface area contributed by atoms with E-state index in [1.165, 1.54) is 6.92 Å². The maximum Gasteiger partial charge on any atom is 0.573 e. The lowest BCUT2D eigenvalue weighted by atomic mass is 10.2. The summed E-state index contributed by atoms with van der Waals surface area (Å²) in [7, 11) is 0. The molecule has 0 aliphatic rings. The number of aryl methyl sites for hydroxylation is 1. The first-order valence-electron chi connectivity index (χ1n) is 3.78. The van der Waals surface area contributed by atoms with Crippen molar-refractivity contribution in [2.75, 3.05) is 0 Å². The summed E-state index contributed by atoms with van der Waals surface area (Å²) in [5.41, 5.74) is -1.28. The Morgan fingerprint density at radius 1 is 1.47 bits per heavy atom. The zero-order chi connectivity index (χ0) is 11.6. The van der Waals surface area contributed by atoms with E-state index in [9.17, 15) is 22.8 Å². The summed E-state index contributed by atoms with van der Waals surface area (Å²) < 4.78 is 38.8. The zero-order valence-corrected chi connectivity index (χ0v) is 7.51. The summed E-state index contributed by atoms with van der Waals surface area (Å²) >= 11 is 0. The van der Waals surface area contributed by atoms with Gasteiger partial charge < -0.3 is 9.72 Å². The van der Waals surface area contributed by atoms with E-state index in [0.717, 1.165) is 6.20 Å². The van der Waals surface area contributed by atoms with Crippen molar-refractivity contribution in [3.8, 4) is 5.75 Å². The molecule has 0 atom stereocenters. The van der Waals surface area contributed by atoms with Crippen molar-refractivity contribution < 1.29 is 22.7 Å². The predicted octanol–water partition coefficient (Wildman–Crippen LogP) is 1.39. The Kier molecular flexibility index (Phi) is 2.83. The molecule has 82 valence electrons. The molecule has 0 bridgehead atoms. The zero-order valence-electron chi connectivity index (χ0n) is 7.51. The Bertz CT molecular complexity index is 436. The van der Waals surface area contributed by atoms with Gasteiger partial charge in [0.15, 0.2) is 12.0 Å². The molecule has 0 saturated heterocycles. The van der Waals surface area contributed by atoms with Crippen LogP contribution in [0.5, 0.6) is 5.75 Å². The van der Waals surface area contributed by atoms with E-state index in [1.54, 1.807) is 0 Å². The molecule has 15 heavy (non-hydrogen) atoms. The second-order valence-corrected chi connectivity index (χ2v) is 2.69. The number of carbonyl (C=O) groups excluding carboxylic acids is 1. The van der Waals surface area contributed by atoms with E-state index >= 15 is 0 Å². The van der Waals surface area contributed by atoms with Crippen LogP contribution < -0.4 is 10.2 Å². The number of pyridine rings is 1. The van der Waals surface area contributed by atoms with Gasteiger partial charge in [0.25, 0.3) is 0 Å². The lowest BCUT2D eigenvalue weighted by molar-refractivity contribution is -0.275. The van der Waals surface area contributed by atoms with Crippen LogP contribution in [0.25, 0.3) is 0 Å². The Morgan fingerprint density at radius 2 is 2.07 bits per heavy atom. The molecule has 1 aromatic rings. The van der Waals surface area contributed by atoms with Crippen molar-refractivity contribution in [3.63, 3.8) is 0 Å². The maximum atomic E-state index is 11.8. The molecular formula is C8H6F3NO3. The molecule has 1 rings (SSSR count). The van der Waals surface area contributed by atoms with Gasteiger partial charge in [-0.3, -0.25) is 9.59 Å². The summed E-state index contributed by atoms with van der Waals surface area (Å²) in [6.45, 7) is 1.39. The highest BCUT2D eigenvalue weighted by Crippen LogP contribution is 2.19. The predicted molar refractivity (Wildman–Crippen MR) is 43.9 cm³/mol. The molecule has 0 radical (unpaired) electrons. The van der Waals surface area contributed by atoms with E-state index in [4.69, 9.17) is 0 Å². The van der Waals surface area contributed by atoms with E-state index in [2.05, 4.69) is 9.72 Å². The number of nitrogens with one attached hydrogen (secondary N) is 1. The number of alkyl halides is 3. The third-order valence-electron chi connectivity index (χ3n) is 1.64. The first kappa shape index (κ1) is 11.3. The summed E-state index contributed by atoms with van der Waals surface area (Å²) in [6, 6.07) is 0. The van der Waals surface area contributed by atoms with Crippen LogP contribution in [0.3, 0.4) is 0 Å². The summed E-state index contributed by atoms with van der Waals surface area (Å²) in [4.78, 5) is 24.0. The average molecular weight is 221 g/mol. The average Bonchev–Trinajstić information content (AvgIpc) is 2.09. The third-order valence-corrected chi connectivity index (χ3v) is 1.64. The molecular weight excluding hydrogens is 215 g/mol. The Morgan fingerprint density at radius 3 is 2.53 bits per heavy atom. The van der Waals surface area contributed by atoms with Gasteiger partial charge >= 0.3 is 6.36 Å². The standard InChI is InChI=1S/C8H6F3NO3/c1-4-5(3-13)7(14)6(2-12-4)15-8(9,10)11/h2-3H,1H3,(H,12,14). The summed E-state index contributed by atoms with van der Waals surface area (Å²) in [5.74, 6) is -0.949. The Balaban J connectivity index is 3.23. The molecule has 0 fully saturated rings. The van der Waals surface area contributed by atoms with E-state index < -0.39 is 17.5 Å². The van der Waals surface area contributed by atoms with Crippen molar-refractivity contribution >= 4 is 6.29 Å². The van der Waals surface area contributed by atoms with Crippen LogP contribution in [0.4, 0.5) is 13.2 Å². The summed E-state index contributed by atoms with van der Waals surface area (Å²) in [5, 5.41) is 0. The number of carbonyl (C=O) groups is 1. The molecule has 0 amide bonds. The number of halogens is 3. The number of hydrogen-bond donors (Lipinski definition) is 1. The van der Waals surface area contributed by atoms with Gasteiger partial charge in [-0.1, -0.05) is 0 Å². The second kappa shape index (κ2) is 3.76. The van der Waals surface area contributed by atoms with Gasteiger partial charge in [0.1, 0.15) is 0 Å². The lowest BCUT2D eigenvalue weighted by Gasteiger charge is -2.08. The molecule has 0 unspecified atom stereocenters. The minimum absolute atomic E-state index is 0.178. The lowest BCUT2D eigenvalue weighted by Crippen LogP contribution is -2.23. The van der Waals surface area contributed by atoms with E-state index in [-0.39, 0.29) is 17.5 Å². The van der Waals surface area contributed by atoms with Gasteiger partial charge in [0.05, 0.1) is 5.56 Å². The smallest absolute Gasteiger partial charge is 0.400 e. The number of ether oxygens (including phenoxy) is 1. The van der Waals surface area contributed by atoms with Gasteiger partial charge in [-0.15, -0.1) is 13.2 Å². The molecule has 4 nitrogen and oxygen atoms in total. The topological polar surface area (TPSA) is 59.2 Å². The van der Waals surface area contributed by atoms with Crippen molar-refractivity contribution in [1.29, 1.82) is 0 Å². The molecule has 1 N–H and O–H groups in total. The van der Waals surface area contributed by atoms with E-state index in [0.29, 0.717) is 0 Å². The number of H-pyrrole nitrogens is 1. The molecule has 1 aromatic heterocycles. The molecule has 0 aliphatic heterocycles. The Hall–Kier alpha value is -1.79. The quantitative estimate of drug-likeness (QED) is 0.767. The fourth-order valence-electron chi connectivity index (χ4n) is 0.963. The number of aldehydes is 1. The first-order chi connectivity index (χ1) is 6.85. The van der Waals surface area contributed by atoms with Crippen LogP contribution in [0.15, 0.2) is 11.0 Å². The van der Waals surface area contributed by atoms with Gasteiger partial charge in [-0.25, -0.2) is 0 Å². The summed E-state index contributed by atoms with van der Waals surface area (Å²) in [6.07, 6.45) is -4.02. The normalized spacial score (nSPS) is 11.2. The van der Waals surface area contributed by atoms with E-state index in [1.807, 2.05) is 0 Å². The van der Waals surface area contributed by atoms with Crippen molar-refractivity contribution in [2.24, 2.45) is 0 Å². The first-order valence-corrected chi connectivity index (χ1v) is 3.78. The number of rotatable bonds is 2. The van der Waals surface area contributed by atoms with Crippen LogP contribution in [-0.4, -0.2) is 17.6 Å².